The van der Waals surface area contributed by atoms with Gasteiger partial charge in [0.1, 0.15) is 0 Å². The van der Waals surface area contributed by atoms with Gasteiger partial charge in [0.2, 0.25) is 11.6 Å². The first-order valence-electron chi connectivity index (χ1n) is 10.8. The summed E-state index contributed by atoms with van der Waals surface area (Å²) in [6, 6.07) is 5.05. The highest BCUT2D eigenvalue weighted by molar-refractivity contribution is 6.42. The molecule has 2 atom stereocenters. The van der Waals surface area contributed by atoms with E-state index >= 15 is 0 Å². The van der Waals surface area contributed by atoms with Crippen molar-refractivity contribution in [1.29, 1.82) is 0 Å². The molecule has 7 nitrogen and oxygen atoms in total. The van der Waals surface area contributed by atoms with Crippen molar-refractivity contribution in [2.45, 2.75) is 50.4 Å². The van der Waals surface area contributed by atoms with Gasteiger partial charge in [0, 0.05) is 18.7 Å². The second-order valence-electron chi connectivity index (χ2n) is 8.75. The Morgan fingerprint density at radius 2 is 1.69 bits per heavy atom. The Kier molecular flexibility index (Phi) is 6.52. The third-order valence-corrected chi connectivity index (χ3v) is 7.26. The van der Waals surface area contributed by atoms with Crippen LogP contribution in [0.15, 0.2) is 30.4 Å². The van der Waals surface area contributed by atoms with E-state index in [2.05, 4.69) is 4.90 Å². The summed E-state index contributed by atoms with van der Waals surface area (Å²) in [6.45, 7) is 4.08. The maximum Gasteiger partial charge on any atom is 0.333 e. The normalized spacial score (nSPS) is 29.5. The summed E-state index contributed by atoms with van der Waals surface area (Å²) in [7, 11) is 0. The van der Waals surface area contributed by atoms with Gasteiger partial charge in [0.05, 0.1) is 23.0 Å². The van der Waals surface area contributed by atoms with Crippen LogP contribution in [0, 0.1) is 0 Å². The van der Waals surface area contributed by atoms with Crippen molar-refractivity contribution in [3.63, 3.8) is 0 Å². The van der Waals surface area contributed by atoms with Crippen LogP contribution in [0.1, 0.15) is 38.2 Å². The number of nitrogens with zero attached hydrogens (tertiary/aromatic N) is 2. The van der Waals surface area contributed by atoms with Crippen molar-refractivity contribution in [2.24, 2.45) is 0 Å². The second kappa shape index (κ2) is 9.04. The highest BCUT2D eigenvalue weighted by atomic mass is 35.5. The van der Waals surface area contributed by atoms with Crippen molar-refractivity contribution in [3.05, 3.63) is 46.0 Å². The first-order valence-corrected chi connectivity index (χ1v) is 11.6. The fourth-order valence-electron chi connectivity index (χ4n) is 4.90. The van der Waals surface area contributed by atoms with Gasteiger partial charge in [-0.3, -0.25) is 14.6 Å². The van der Waals surface area contributed by atoms with Crippen molar-refractivity contribution in [3.8, 4) is 0 Å². The first-order chi connectivity index (χ1) is 15.2. The van der Waals surface area contributed by atoms with E-state index in [1.165, 1.54) is 0 Å². The van der Waals surface area contributed by atoms with Crippen LogP contribution in [0.2, 0.25) is 10.0 Å². The highest BCUT2D eigenvalue weighted by Gasteiger charge is 2.62. The van der Waals surface area contributed by atoms with Gasteiger partial charge in [-0.1, -0.05) is 29.3 Å². The molecule has 1 aromatic carbocycles. The second-order valence-corrected chi connectivity index (χ2v) is 9.56. The molecule has 0 radical (unpaired) electrons. The molecule has 2 saturated heterocycles. The number of likely N-dealkylation sites (tertiary alicyclic amines) is 2. The van der Waals surface area contributed by atoms with Gasteiger partial charge >= 0.3 is 11.9 Å². The molecule has 1 amide bonds. The molecule has 3 aliphatic heterocycles. The molecule has 3 heterocycles. The average Bonchev–Trinajstić information content (AvgIpc) is 3.23. The molecule has 9 heteroatoms. The largest absolute Gasteiger partial charge is 0.450 e. The molecule has 2 unspecified atom stereocenters. The van der Waals surface area contributed by atoms with E-state index in [-0.39, 0.29) is 18.9 Å². The maximum atomic E-state index is 13.6. The summed E-state index contributed by atoms with van der Waals surface area (Å²) in [5, 5.41) is 0.773. The van der Waals surface area contributed by atoms with Crippen LogP contribution in [0.4, 0.5) is 0 Å². The number of amides is 1. The summed E-state index contributed by atoms with van der Waals surface area (Å²) < 4.78 is 11.9. The Morgan fingerprint density at radius 1 is 1.00 bits per heavy atom. The quantitative estimate of drug-likeness (QED) is 0.614. The predicted molar refractivity (Wildman–Crippen MR) is 119 cm³/mol. The number of benzene rings is 1. The zero-order valence-corrected chi connectivity index (χ0v) is 19.5. The Bertz CT molecular complexity index is 962. The van der Waals surface area contributed by atoms with Gasteiger partial charge in [-0.05, 0) is 63.4 Å². The van der Waals surface area contributed by atoms with E-state index in [9.17, 15) is 14.4 Å². The van der Waals surface area contributed by atoms with Crippen LogP contribution in [0.5, 0.6) is 0 Å². The molecular formula is C23H26Cl2N2O5. The lowest BCUT2D eigenvalue weighted by Crippen LogP contribution is -2.74. The number of esters is 2. The summed E-state index contributed by atoms with van der Waals surface area (Å²) >= 11 is 12.1. The summed E-state index contributed by atoms with van der Waals surface area (Å²) in [4.78, 5) is 42.4. The van der Waals surface area contributed by atoms with Gasteiger partial charge in [0.25, 0.3) is 0 Å². The van der Waals surface area contributed by atoms with Crippen molar-refractivity contribution < 1.29 is 23.9 Å². The van der Waals surface area contributed by atoms with E-state index in [1.807, 2.05) is 0 Å². The fraction of sp³-hybridized carbons (Fsp3) is 0.522. The molecule has 0 spiro atoms. The number of hydrogen-bond donors (Lipinski definition) is 0. The van der Waals surface area contributed by atoms with Crippen LogP contribution in [-0.4, -0.2) is 65.2 Å². The highest BCUT2D eigenvalue weighted by Crippen LogP contribution is 2.43. The Balaban J connectivity index is 1.73. The Hall–Kier alpha value is -2.09. The number of carbonyl (C=O) groups excluding carboxylic acids is 3. The predicted octanol–water partition coefficient (Wildman–Crippen LogP) is 3.37. The van der Waals surface area contributed by atoms with Crippen LogP contribution in [0.3, 0.4) is 0 Å². The van der Waals surface area contributed by atoms with Crippen LogP contribution < -0.4 is 0 Å². The van der Waals surface area contributed by atoms with Gasteiger partial charge in [-0.25, -0.2) is 9.59 Å². The first kappa shape index (κ1) is 23.1. The monoisotopic (exact) mass is 480 g/mol. The van der Waals surface area contributed by atoms with Crippen molar-refractivity contribution >= 4 is 41.0 Å². The van der Waals surface area contributed by atoms with Gasteiger partial charge in [0.15, 0.2) is 5.60 Å². The van der Waals surface area contributed by atoms with Gasteiger partial charge in [-0.2, -0.15) is 0 Å². The lowest BCUT2D eigenvalue weighted by atomic mass is 9.80. The number of ether oxygens (including phenoxy) is 2. The standard InChI is InChI=1S/C23H26Cl2N2O5/c1-22-9-4-12-27(19(28)14-16-5-6-17(24)18(25)13-16)23(22,15-26-10-2-3-11-26)32-21(30)8-7-20(29)31-22/h5-8,13H,2-4,9-12,14-15H2,1H3/b8-7-. The van der Waals surface area contributed by atoms with E-state index in [1.54, 1.807) is 30.0 Å². The minimum Gasteiger partial charge on any atom is -0.450 e. The number of halogens is 2. The van der Waals surface area contributed by atoms with E-state index in [0.717, 1.165) is 38.1 Å². The Morgan fingerprint density at radius 3 is 2.38 bits per heavy atom. The number of hydrogen-bond acceptors (Lipinski definition) is 6. The number of fused-ring (bicyclic) bond motifs is 1. The van der Waals surface area contributed by atoms with Gasteiger partial charge < -0.3 is 9.47 Å². The summed E-state index contributed by atoms with van der Waals surface area (Å²) in [5.41, 5.74) is -1.92. The number of rotatable bonds is 4. The molecule has 3 aliphatic rings. The lowest BCUT2D eigenvalue weighted by Gasteiger charge is -2.56. The van der Waals surface area contributed by atoms with E-state index in [0.29, 0.717) is 35.0 Å². The maximum absolute atomic E-state index is 13.6. The number of piperidine rings is 1. The SMILES string of the molecule is CC12CCCN(C(=O)Cc3ccc(Cl)c(Cl)c3)C1(CN1CCCC1)OC(=O)/C=C\C(=O)O2. The fourth-order valence-corrected chi connectivity index (χ4v) is 5.22. The molecule has 172 valence electrons. The molecule has 0 saturated carbocycles. The smallest absolute Gasteiger partial charge is 0.333 e. The van der Waals surface area contributed by atoms with E-state index in [4.69, 9.17) is 32.7 Å². The summed E-state index contributed by atoms with van der Waals surface area (Å²) in [6.07, 6.45) is 5.32. The molecule has 32 heavy (non-hydrogen) atoms. The molecule has 0 bridgehead atoms. The molecule has 0 aromatic heterocycles. The van der Waals surface area contributed by atoms with Crippen LogP contribution >= 0.6 is 23.2 Å². The molecule has 0 aliphatic carbocycles. The summed E-state index contributed by atoms with van der Waals surface area (Å²) in [5.74, 6) is -1.52. The zero-order valence-electron chi connectivity index (χ0n) is 17.9. The average molecular weight is 481 g/mol. The van der Waals surface area contributed by atoms with E-state index < -0.39 is 23.3 Å². The zero-order chi connectivity index (χ0) is 22.9. The topological polar surface area (TPSA) is 76.2 Å². The van der Waals surface area contributed by atoms with Gasteiger partial charge in [-0.15, -0.1) is 0 Å². The Labute approximate surface area is 197 Å². The van der Waals surface area contributed by atoms with Crippen molar-refractivity contribution in [1.82, 2.24) is 9.80 Å². The third kappa shape index (κ3) is 4.38. The minimum absolute atomic E-state index is 0.0516. The molecule has 0 N–H and O–H groups in total. The number of carbonyl (C=O) groups is 3. The lowest BCUT2D eigenvalue weighted by molar-refractivity contribution is -0.267. The van der Waals surface area contributed by atoms with Crippen molar-refractivity contribution in [2.75, 3.05) is 26.2 Å². The molecule has 1 aromatic rings. The molecular weight excluding hydrogens is 455 g/mol. The third-order valence-electron chi connectivity index (χ3n) is 6.53. The molecule has 2 fully saturated rings. The van der Waals surface area contributed by atoms with Crippen LogP contribution in [-0.2, 0) is 30.3 Å². The molecule has 4 rings (SSSR count). The minimum atomic E-state index is -1.43. The van der Waals surface area contributed by atoms with Crippen LogP contribution in [0.25, 0.3) is 0 Å².